The van der Waals surface area contributed by atoms with E-state index in [-0.39, 0.29) is 17.2 Å². The number of aliphatic hydroxyl groups excluding tert-OH is 1. The lowest BCUT2D eigenvalue weighted by atomic mass is 10.4. The summed E-state index contributed by atoms with van der Waals surface area (Å²) in [7, 11) is 0. The molecule has 0 saturated carbocycles. The number of aromatic nitrogens is 3. The van der Waals surface area contributed by atoms with Gasteiger partial charge in [-0.3, -0.25) is 0 Å². The third-order valence-corrected chi connectivity index (χ3v) is 1.90. The zero-order chi connectivity index (χ0) is 11.8. The smallest absolute Gasteiger partial charge is 0.228 e. The van der Waals surface area contributed by atoms with Crippen LogP contribution in [0.25, 0.3) is 0 Å². The van der Waals surface area contributed by atoms with Crippen molar-refractivity contribution in [2.45, 2.75) is 6.42 Å². The Labute approximate surface area is 103 Å². The Morgan fingerprint density at radius 3 is 2.44 bits per heavy atom. The highest BCUT2D eigenvalue weighted by Gasteiger charge is 2.01. The highest BCUT2D eigenvalue weighted by molar-refractivity contribution is 6.31. The molecule has 2 N–H and O–H groups in total. The molecule has 0 aliphatic heterocycles. The summed E-state index contributed by atoms with van der Waals surface area (Å²) in [4.78, 5) is 11.3. The average molecular weight is 267 g/mol. The Kier molecular flexibility index (Phi) is 6.32. The van der Waals surface area contributed by atoms with Gasteiger partial charge in [-0.15, -0.1) is 0 Å². The molecule has 1 aromatic heterocycles. The van der Waals surface area contributed by atoms with Crippen LogP contribution < -0.4 is 5.32 Å². The monoisotopic (exact) mass is 266 g/mol. The van der Waals surface area contributed by atoms with Crippen LogP contribution in [0.5, 0.6) is 0 Å². The summed E-state index contributed by atoms with van der Waals surface area (Å²) < 4.78 is 5.07. The molecule has 90 valence electrons. The Morgan fingerprint density at radius 2 is 1.81 bits per heavy atom. The van der Waals surface area contributed by atoms with Gasteiger partial charge >= 0.3 is 0 Å². The second-order valence-electron chi connectivity index (χ2n) is 2.81. The van der Waals surface area contributed by atoms with Gasteiger partial charge in [0.15, 0.2) is 0 Å². The first kappa shape index (κ1) is 13.4. The summed E-state index contributed by atoms with van der Waals surface area (Å²) in [5.74, 6) is 0.340. The molecule has 0 bridgehead atoms. The molecule has 0 saturated heterocycles. The van der Waals surface area contributed by atoms with Gasteiger partial charge in [0, 0.05) is 13.2 Å². The summed E-state index contributed by atoms with van der Waals surface area (Å²) in [5.41, 5.74) is 0. The van der Waals surface area contributed by atoms with Crippen molar-refractivity contribution < 1.29 is 9.84 Å². The fraction of sp³-hybridized carbons (Fsp3) is 0.625. The number of hydrogen-bond acceptors (Lipinski definition) is 6. The zero-order valence-corrected chi connectivity index (χ0v) is 10.0. The van der Waals surface area contributed by atoms with Crippen molar-refractivity contribution in [2.75, 3.05) is 31.7 Å². The molecule has 0 amide bonds. The molecule has 0 radical (unpaired) electrons. The van der Waals surface area contributed by atoms with Crippen LogP contribution in [0.15, 0.2) is 0 Å². The largest absolute Gasteiger partial charge is 0.394 e. The van der Waals surface area contributed by atoms with Crippen LogP contribution in [0, 0.1) is 0 Å². The van der Waals surface area contributed by atoms with Gasteiger partial charge < -0.3 is 15.2 Å². The van der Waals surface area contributed by atoms with Gasteiger partial charge in [0.05, 0.1) is 13.2 Å². The molecule has 0 fully saturated rings. The van der Waals surface area contributed by atoms with Crippen molar-refractivity contribution in [2.24, 2.45) is 0 Å². The van der Waals surface area contributed by atoms with Crippen LogP contribution in [0.1, 0.15) is 6.42 Å². The number of nitrogens with one attached hydrogen (secondary N) is 1. The lowest BCUT2D eigenvalue weighted by Crippen LogP contribution is -2.10. The Hall–Kier alpha value is -0.690. The van der Waals surface area contributed by atoms with Crippen molar-refractivity contribution >= 4 is 29.2 Å². The minimum atomic E-state index is 0.0338. The van der Waals surface area contributed by atoms with Gasteiger partial charge in [0.25, 0.3) is 0 Å². The predicted octanol–water partition coefficient (Wildman–Crippen LogP) is 0.989. The highest BCUT2D eigenvalue weighted by atomic mass is 35.5. The van der Waals surface area contributed by atoms with Crippen molar-refractivity contribution in [1.29, 1.82) is 0 Å². The average Bonchev–Trinajstić information content (AvgIpc) is 2.22. The normalized spacial score (nSPS) is 10.4. The molecule has 16 heavy (non-hydrogen) atoms. The van der Waals surface area contributed by atoms with Crippen LogP contribution in [0.4, 0.5) is 5.95 Å². The first-order chi connectivity index (χ1) is 7.72. The maximum atomic E-state index is 8.46. The number of nitrogens with zero attached hydrogens (tertiary/aromatic N) is 3. The predicted molar refractivity (Wildman–Crippen MR) is 60.9 cm³/mol. The van der Waals surface area contributed by atoms with E-state index in [4.69, 9.17) is 33.0 Å². The maximum absolute atomic E-state index is 8.46. The van der Waals surface area contributed by atoms with Gasteiger partial charge in [-0.25, -0.2) is 0 Å². The minimum absolute atomic E-state index is 0.0338. The van der Waals surface area contributed by atoms with E-state index in [9.17, 15) is 0 Å². The summed E-state index contributed by atoms with van der Waals surface area (Å²) in [6.45, 7) is 1.57. The van der Waals surface area contributed by atoms with E-state index < -0.39 is 0 Å². The fourth-order valence-electron chi connectivity index (χ4n) is 0.946. The summed E-state index contributed by atoms with van der Waals surface area (Å²) in [6.07, 6.45) is 0.765. The molecule has 0 spiro atoms. The van der Waals surface area contributed by atoms with E-state index in [1.807, 2.05) is 0 Å². The second-order valence-corrected chi connectivity index (χ2v) is 3.49. The van der Waals surface area contributed by atoms with Crippen molar-refractivity contribution in [3.05, 3.63) is 10.6 Å². The van der Waals surface area contributed by atoms with Crippen LogP contribution in [0.2, 0.25) is 10.6 Å². The third kappa shape index (κ3) is 5.41. The molecule has 6 nitrogen and oxygen atoms in total. The molecule has 0 unspecified atom stereocenters. The van der Waals surface area contributed by atoms with Gasteiger partial charge in [0.1, 0.15) is 0 Å². The molecular formula is C8H12Cl2N4O2. The SMILES string of the molecule is OCCOCCCNc1nc(Cl)nc(Cl)n1. The van der Waals surface area contributed by atoms with Crippen LogP contribution in [-0.4, -0.2) is 46.4 Å². The van der Waals surface area contributed by atoms with E-state index in [2.05, 4.69) is 20.3 Å². The number of anilines is 1. The molecular weight excluding hydrogens is 255 g/mol. The van der Waals surface area contributed by atoms with Gasteiger partial charge in [-0.1, -0.05) is 0 Å². The summed E-state index contributed by atoms with van der Waals surface area (Å²) in [6, 6.07) is 0. The van der Waals surface area contributed by atoms with E-state index in [0.717, 1.165) is 6.42 Å². The molecule has 1 rings (SSSR count). The van der Waals surface area contributed by atoms with E-state index in [1.165, 1.54) is 0 Å². The first-order valence-electron chi connectivity index (χ1n) is 4.72. The van der Waals surface area contributed by atoms with Gasteiger partial charge in [0.2, 0.25) is 16.5 Å². The number of aliphatic hydroxyl groups is 1. The molecule has 8 heteroatoms. The van der Waals surface area contributed by atoms with Crippen molar-refractivity contribution in [1.82, 2.24) is 15.0 Å². The third-order valence-electron chi connectivity index (χ3n) is 1.57. The van der Waals surface area contributed by atoms with E-state index in [0.29, 0.717) is 25.7 Å². The van der Waals surface area contributed by atoms with Crippen molar-refractivity contribution in [3.8, 4) is 0 Å². The van der Waals surface area contributed by atoms with Crippen LogP contribution in [0.3, 0.4) is 0 Å². The Bertz CT molecular complexity index is 307. The first-order valence-corrected chi connectivity index (χ1v) is 5.47. The molecule has 0 aliphatic carbocycles. The summed E-state index contributed by atoms with van der Waals surface area (Å²) in [5, 5.41) is 11.5. The van der Waals surface area contributed by atoms with E-state index in [1.54, 1.807) is 0 Å². The quantitative estimate of drug-likeness (QED) is 0.717. The standard InChI is InChI=1S/C8H12Cl2N4O2/c9-6-12-7(10)14-8(13-6)11-2-1-4-16-5-3-15/h15H,1-5H2,(H,11,12,13,14). The molecule has 0 aliphatic rings. The summed E-state index contributed by atoms with van der Waals surface area (Å²) >= 11 is 11.2. The molecule has 1 aromatic rings. The molecule has 1 heterocycles. The Balaban J connectivity index is 2.21. The van der Waals surface area contributed by atoms with Gasteiger partial charge in [-0.05, 0) is 29.6 Å². The maximum Gasteiger partial charge on any atom is 0.228 e. The fourth-order valence-corrected chi connectivity index (χ4v) is 1.31. The second kappa shape index (κ2) is 7.56. The van der Waals surface area contributed by atoms with Gasteiger partial charge in [-0.2, -0.15) is 15.0 Å². The molecule has 0 atom stereocenters. The van der Waals surface area contributed by atoms with Crippen molar-refractivity contribution in [3.63, 3.8) is 0 Å². The van der Waals surface area contributed by atoms with E-state index >= 15 is 0 Å². The number of halogens is 2. The Morgan fingerprint density at radius 1 is 1.12 bits per heavy atom. The zero-order valence-electron chi connectivity index (χ0n) is 8.49. The lowest BCUT2D eigenvalue weighted by Gasteiger charge is -2.05. The number of hydrogen-bond donors (Lipinski definition) is 2. The molecule has 0 aromatic carbocycles. The minimum Gasteiger partial charge on any atom is -0.394 e. The highest BCUT2D eigenvalue weighted by Crippen LogP contribution is 2.09. The number of rotatable bonds is 7. The number of ether oxygens (including phenoxy) is 1. The van der Waals surface area contributed by atoms with Crippen LogP contribution in [-0.2, 0) is 4.74 Å². The van der Waals surface area contributed by atoms with Crippen LogP contribution >= 0.6 is 23.2 Å². The topological polar surface area (TPSA) is 80.2 Å². The lowest BCUT2D eigenvalue weighted by molar-refractivity contribution is 0.0921.